The highest BCUT2D eigenvalue weighted by Gasteiger charge is 2.09. The monoisotopic (exact) mass is 255 g/mol. The van der Waals surface area contributed by atoms with Crippen LogP contribution in [-0.2, 0) is 0 Å². The molecule has 1 amide bonds. The topological polar surface area (TPSA) is 57.8 Å². The molecule has 2 N–H and O–H groups in total. The van der Waals surface area contributed by atoms with Gasteiger partial charge in [0.25, 0.3) is 5.91 Å². The van der Waals surface area contributed by atoms with Gasteiger partial charge in [0.1, 0.15) is 0 Å². The van der Waals surface area contributed by atoms with Gasteiger partial charge in [-0.3, -0.25) is 9.89 Å². The summed E-state index contributed by atoms with van der Waals surface area (Å²) in [4.78, 5) is 11.6. The lowest BCUT2D eigenvalue weighted by Gasteiger charge is -2.05. The fraction of sp³-hybridized carbons (Fsp3) is 0. The zero-order valence-electron chi connectivity index (χ0n) is 8.00. The van der Waals surface area contributed by atoms with Gasteiger partial charge in [-0.2, -0.15) is 5.10 Å². The van der Waals surface area contributed by atoms with Crippen molar-refractivity contribution >= 4 is 34.8 Å². The second kappa shape index (κ2) is 4.55. The molecule has 0 radical (unpaired) electrons. The minimum atomic E-state index is -0.280. The Bertz CT molecular complexity index is 511. The summed E-state index contributed by atoms with van der Waals surface area (Å²) in [5.74, 6) is -0.280. The first-order valence-electron chi connectivity index (χ1n) is 4.42. The lowest BCUT2D eigenvalue weighted by Crippen LogP contribution is -2.11. The minimum absolute atomic E-state index is 0.280. The van der Waals surface area contributed by atoms with E-state index in [-0.39, 0.29) is 5.91 Å². The molecule has 82 valence electrons. The Morgan fingerprint density at radius 2 is 2.19 bits per heavy atom. The quantitative estimate of drug-likeness (QED) is 0.867. The third-order valence-corrected chi connectivity index (χ3v) is 2.49. The SMILES string of the molecule is O=C(Nc1ccc(Cl)cc1Cl)c1cn[nH]c1. The molecule has 4 nitrogen and oxygen atoms in total. The molecular formula is C10H7Cl2N3O. The number of carbonyl (C=O) groups excluding carboxylic acids is 1. The highest BCUT2D eigenvalue weighted by Crippen LogP contribution is 2.25. The van der Waals surface area contributed by atoms with Crippen LogP contribution in [0.3, 0.4) is 0 Å². The maximum absolute atomic E-state index is 11.6. The molecule has 0 aliphatic rings. The molecule has 0 spiro atoms. The second-order valence-electron chi connectivity index (χ2n) is 3.07. The van der Waals surface area contributed by atoms with E-state index >= 15 is 0 Å². The maximum atomic E-state index is 11.6. The van der Waals surface area contributed by atoms with Crippen LogP contribution in [0.4, 0.5) is 5.69 Å². The van der Waals surface area contributed by atoms with Crippen LogP contribution >= 0.6 is 23.2 Å². The van der Waals surface area contributed by atoms with Crippen molar-refractivity contribution < 1.29 is 4.79 Å². The fourth-order valence-electron chi connectivity index (χ4n) is 1.16. The zero-order valence-corrected chi connectivity index (χ0v) is 9.51. The molecule has 0 fully saturated rings. The molecule has 2 rings (SSSR count). The number of H-pyrrole nitrogens is 1. The standard InChI is InChI=1S/C10H7Cl2N3O/c11-7-1-2-9(8(12)3-7)15-10(16)6-4-13-14-5-6/h1-5H,(H,13,14)(H,15,16). The largest absolute Gasteiger partial charge is 0.321 e. The lowest BCUT2D eigenvalue weighted by molar-refractivity contribution is 0.102. The first-order valence-corrected chi connectivity index (χ1v) is 5.17. The number of carbonyl (C=O) groups is 1. The number of rotatable bonds is 2. The van der Waals surface area contributed by atoms with E-state index in [0.717, 1.165) is 0 Å². The normalized spacial score (nSPS) is 10.1. The highest BCUT2D eigenvalue weighted by atomic mass is 35.5. The second-order valence-corrected chi connectivity index (χ2v) is 3.91. The molecule has 1 aromatic carbocycles. The molecule has 1 aromatic heterocycles. The third kappa shape index (κ3) is 2.35. The van der Waals surface area contributed by atoms with E-state index in [1.54, 1.807) is 18.2 Å². The van der Waals surface area contributed by atoms with Crippen LogP contribution in [-0.4, -0.2) is 16.1 Å². The van der Waals surface area contributed by atoms with Crippen LogP contribution in [0.25, 0.3) is 0 Å². The van der Waals surface area contributed by atoms with Crippen LogP contribution in [0.5, 0.6) is 0 Å². The number of amides is 1. The van der Waals surface area contributed by atoms with Crippen LogP contribution in [0, 0.1) is 0 Å². The summed E-state index contributed by atoms with van der Waals surface area (Å²) in [5, 5.41) is 9.80. The van der Waals surface area contributed by atoms with E-state index in [2.05, 4.69) is 15.5 Å². The molecular weight excluding hydrogens is 249 g/mol. The summed E-state index contributed by atoms with van der Waals surface area (Å²) >= 11 is 11.7. The summed E-state index contributed by atoms with van der Waals surface area (Å²) < 4.78 is 0. The minimum Gasteiger partial charge on any atom is -0.321 e. The predicted octanol–water partition coefficient (Wildman–Crippen LogP) is 2.97. The van der Waals surface area contributed by atoms with Gasteiger partial charge in [0.05, 0.1) is 22.5 Å². The third-order valence-electron chi connectivity index (χ3n) is 1.94. The number of halogens is 2. The van der Waals surface area contributed by atoms with Crippen molar-refractivity contribution in [2.45, 2.75) is 0 Å². The van der Waals surface area contributed by atoms with Gasteiger partial charge in [-0.05, 0) is 18.2 Å². The van der Waals surface area contributed by atoms with E-state index in [4.69, 9.17) is 23.2 Å². The summed E-state index contributed by atoms with van der Waals surface area (Å²) in [5.41, 5.74) is 0.947. The molecule has 0 bridgehead atoms. The van der Waals surface area contributed by atoms with E-state index in [0.29, 0.717) is 21.3 Å². The number of hydrogen-bond donors (Lipinski definition) is 2. The number of nitrogens with one attached hydrogen (secondary N) is 2. The fourth-order valence-corrected chi connectivity index (χ4v) is 1.62. The van der Waals surface area contributed by atoms with Gasteiger partial charge in [-0.15, -0.1) is 0 Å². The molecule has 0 saturated carbocycles. The molecule has 2 aromatic rings. The first kappa shape index (κ1) is 11.0. The first-order chi connectivity index (χ1) is 7.66. The van der Waals surface area contributed by atoms with Gasteiger partial charge >= 0.3 is 0 Å². The molecule has 16 heavy (non-hydrogen) atoms. The number of hydrogen-bond acceptors (Lipinski definition) is 2. The Morgan fingerprint density at radius 1 is 1.38 bits per heavy atom. The van der Waals surface area contributed by atoms with E-state index in [1.165, 1.54) is 12.4 Å². The number of anilines is 1. The van der Waals surface area contributed by atoms with Crippen molar-refractivity contribution in [1.29, 1.82) is 0 Å². The van der Waals surface area contributed by atoms with Crippen LogP contribution < -0.4 is 5.32 Å². The summed E-state index contributed by atoms with van der Waals surface area (Å²) in [7, 11) is 0. The van der Waals surface area contributed by atoms with Gasteiger partial charge in [-0.1, -0.05) is 23.2 Å². The molecule has 0 atom stereocenters. The predicted molar refractivity (Wildman–Crippen MR) is 63.0 cm³/mol. The van der Waals surface area contributed by atoms with Gasteiger partial charge in [0.15, 0.2) is 0 Å². The van der Waals surface area contributed by atoms with Crippen molar-refractivity contribution in [2.24, 2.45) is 0 Å². The number of aromatic nitrogens is 2. The molecule has 6 heteroatoms. The Balaban J connectivity index is 2.18. The molecule has 0 saturated heterocycles. The zero-order chi connectivity index (χ0) is 11.5. The Hall–Kier alpha value is -1.52. The van der Waals surface area contributed by atoms with Gasteiger partial charge in [0.2, 0.25) is 0 Å². The van der Waals surface area contributed by atoms with Crippen molar-refractivity contribution in [3.05, 3.63) is 46.2 Å². The Kier molecular flexibility index (Phi) is 3.12. The van der Waals surface area contributed by atoms with Gasteiger partial charge in [-0.25, -0.2) is 0 Å². The van der Waals surface area contributed by atoms with Crippen LogP contribution in [0.15, 0.2) is 30.6 Å². The Labute approximate surface area is 102 Å². The van der Waals surface area contributed by atoms with E-state index in [1.807, 2.05) is 0 Å². The average Bonchev–Trinajstić information content (AvgIpc) is 2.75. The Morgan fingerprint density at radius 3 is 2.81 bits per heavy atom. The maximum Gasteiger partial charge on any atom is 0.258 e. The number of aromatic amines is 1. The summed E-state index contributed by atoms with van der Waals surface area (Å²) in [6, 6.07) is 4.86. The van der Waals surface area contributed by atoms with Crippen molar-refractivity contribution in [2.75, 3.05) is 5.32 Å². The van der Waals surface area contributed by atoms with Crippen molar-refractivity contribution in [3.63, 3.8) is 0 Å². The highest BCUT2D eigenvalue weighted by molar-refractivity contribution is 6.36. The van der Waals surface area contributed by atoms with Gasteiger partial charge in [0, 0.05) is 11.2 Å². The molecule has 0 unspecified atom stereocenters. The van der Waals surface area contributed by atoms with Crippen molar-refractivity contribution in [1.82, 2.24) is 10.2 Å². The van der Waals surface area contributed by atoms with Crippen LogP contribution in [0.2, 0.25) is 10.0 Å². The van der Waals surface area contributed by atoms with E-state index < -0.39 is 0 Å². The van der Waals surface area contributed by atoms with Crippen molar-refractivity contribution in [3.8, 4) is 0 Å². The summed E-state index contributed by atoms with van der Waals surface area (Å²) in [6.07, 6.45) is 2.93. The molecule has 1 heterocycles. The summed E-state index contributed by atoms with van der Waals surface area (Å²) in [6.45, 7) is 0. The average molecular weight is 256 g/mol. The molecule has 0 aliphatic heterocycles. The smallest absolute Gasteiger partial charge is 0.258 e. The molecule has 0 aliphatic carbocycles. The lowest BCUT2D eigenvalue weighted by atomic mass is 10.3. The number of benzene rings is 1. The van der Waals surface area contributed by atoms with Gasteiger partial charge < -0.3 is 5.32 Å². The van der Waals surface area contributed by atoms with E-state index in [9.17, 15) is 4.79 Å². The number of nitrogens with zero attached hydrogens (tertiary/aromatic N) is 1. The van der Waals surface area contributed by atoms with Crippen LogP contribution in [0.1, 0.15) is 10.4 Å².